The van der Waals surface area contributed by atoms with Gasteiger partial charge in [0.2, 0.25) is 0 Å². The fourth-order valence-corrected chi connectivity index (χ4v) is 3.39. The molecule has 124 valence electrons. The molecule has 1 aliphatic rings. The Bertz CT molecular complexity index is 867. The summed E-state index contributed by atoms with van der Waals surface area (Å²) in [5.74, 6) is 0.876. The molecular weight excluding hydrogens is 390 g/mol. The maximum Gasteiger partial charge on any atom is 0.314 e. The van der Waals surface area contributed by atoms with Crippen molar-refractivity contribution in [2.45, 2.75) is 12.0 Å². The Morgan fingerprint density at radius 1 is 1.35 bits per heavy atom. The van der Waals surface area contributed by atoms with Crippen molar-refractivity contribution >= 4 is 45.5 Å². The molecule has 1 aromatic heterocycles. The Balaban J connectivity index is 0.00000192. The van der Waals surface area contributed by atoms with Crippen molar-refractivity contribution in [2.75, 3.05) is 12.3 Å². The molecule has 0 saturated carbocycles. The van der Waals surface area contributed by atoms with Gasteiger partial charge in [-0.2, -0.15) is 0 Å². The third-order valence-electron chi connectivity index (χ3n) is 3.51. The quantitative estimate of drug-likeness (QED) is 0.385. The third-order valence-corrected chi connectivity index (χ3v) is 4.57. The zero-order valence-corrected chi connectivity index (χ0v) is 14.3. The van der Waals surface area contributed by atoms with Gasteiger partial charge >= 0.3 is 11.1 Å². The fraction of sp³-hybridized carbons (Fsp3) is 0.333. The zero-order chi connectivity index (χ0) is 15.9. The van der Waals surface area contributed by atoms with Crippen LogP contribution in [0.5, 0.6) is 0 Å². The molecule has 1 fully saturated rings. The Morgan fingerprint density at radius 2 is 2.04 bits per heavy atom. The van der Waals surface area contributed by atoms with E-state index in [1.807, 2.05) is 4.90 Å². The van der Waals surface area contributed by atoms with Gasteiger partial charge in [-0.05, 0) is 5.56 Å². The number of hydrogen-bond acceptors (Lipinski definition) is 7. The largest absolute Gasteiger partial charge is 0.316 e. The third kappa shape index (κ3) is 3.47. The first-order chi connectivity index (χ1) is 10.5. The van der Waals surface area contributed by atoms with Gasteiger partial charge in [-0.1, -0.05) is 0 Å². The summed E-state index contributed by atoms with van der Waals surface area (Å²) in [4.78, 5) is 40.3. The van der Waals surface area contributed by atoms with Crippen molar-refractivity contribution < 1.29 is 4.92 Å². The Kier molecular flexibility index (Phi) is 5.24. The normalized spacial score (nSPS) is 18.0. The maximum absolute atomic E-state index is 11.5. The van der Waals surface area contributed by atoms with Gasteiger partial charge in [0.1, 0.15) is 5.50 Å². The van der Waals surface area contributed by atoms with Gasteiger partial charge in [-0.15, -0.1) is 28.7 Å². The van der Waals surface area contributed by atoms with Crippen molar-refractivity contribution in [3.8, 4) is 0 Å². The van der Waals surface area contributed by atoms with Crippen LogP contribution < -0.4 is 16.9 Å². The van der Waals surface area contributed by atoms with Crippen LogP contribution in [0.15, 0.2) is 21.7 Å². The molecule has 9 nitrogen and oxygen atoms in total. The number of nitrogens with zero attached hydrogens (tertiary/aromatic N) is 2. The van der Waals surface area contributed by atoms with Crippen LogP contribution >= 0.6 is 28.7 Å². The standard InChI is InChI=1S/C12H13N5O4S.BrH/c13-12-16(1-2-22-12)5-6-3-7(17(20)21)4-8-9(6)15-11(19)10(18)14-8;/h3-4,12H,1-2,5,13H2,(H,14,18)(H,15,19);1H. The number of non-ortho nitro benzene ring substituents is 1. The molecular formula is C12H14BrN5O4S. The number of halogens is 1. The van der Waals surface area contributed by atoms with Crippen LogP contribution in [-0.2, 0) is 6.54 Å². The molecule has 0 bridgehead atoms. The van der Waals surface area contributed by atoms with Gasteiger partial charge in [0, 0.05) is 31.0 Å². The molecule has 1 unspecified atom stereocenters. The molecule has 4 N–H and O–H groups in total. The van der Waals surface area contributed by atoms with Gasteiger partial charge in [-0.3, -0.25) is 24.6 Å². The number of rotatable bonds is 3. The SMILES string of the molecule is Br.NC1SCCN1Cc1cc([N+](=O)[O-])cc2[nH]c(=O)c(=O)[nH]c12. The second kappa shape index (κ2) is 6.83. The van der Waals surface area contributed by atoms with Gasteiger partial charge in [-0.25, -0.2) is 0 Å². The summed E-state index contributed by atoms with van der Waals surface area (Å²) in [6.07, 6.45) is 0. The van der Waals surface area contributed by atoms with E-state index in [1.165, 1.54) is 12.1 Å². The number of fused-ring (bicyclic) bond motifs is 1. The van der Waals surface area contributed by atoms with Gasteiger partial charge in [0.15, 0.2) is 0 Å². The van der Waals surface area contributed by atoms with E-state index in [1.54, 1.807) is 11.8 Å². The second-order valence-electron chi connectivity index (χ2n) is 4.92. The van der Waals surface area contributed by atoms with Crippen LogP contribution in [0, 0.1) is 10.1 Å². The molecule has 23 heavy (non-hydrogen) atoms. The van der Waals surface area contributed by atoms with Crippen LogP contribution in [0.3, 0.4) is 0 Å². The molecule has 0 spiro atoms. The highest BCUT2D eigenvalue weighted by atomic mass is 79.9. The van der Waals surface area contributed by atoms with Crippen LogP contribution in [0.25, 0.3) is 11.0 Å². The highest BCUT2D eigenvalue weighted by molar-refractivity contribution is 8.93. The Labute approximate surface area is 144 Å². The summed E-state index contributed by atoms with van der Waals surface area (Å²) in [5, 5.41) is 11.0. The van der Waals surface area contributed by atoms with Crippen LogP contribution in [0.4, 0.5) is 5.69 Å². The van der Waals surface area contributed by atoms with Crippen molar-refractivity contribution in [1.82, 2.24) is 14.9 Å². The number of H-pyrrole nitrogens is 2. The number of benzene rings is 1. The first kappa shape index (κ1) is 17.7. The summed E-state index contributed by atoms with van der Waals surface area (Å²) >= 11 is 1.59. The number of nitro benzene ring substituents is 1. The number of aromatic amines is 2. The first-order valence-corrected chi connectivity index (χ1v) is 7.55. The fourth-order valence-electron chi connectivity index (χ4n) is 2.42. The summed E-state index contributed by atoms with van der Waals surface area (Å²) in [6.45, 7) is 1.11. The number of nitrogens with two attached hydrogens (primary N) is 1. The van der Waals surface area contributed by atoms with Crippen molar-refractivity contribution in [3.05, 3.63) is 48.5 Å². The lowest BCUT2D eigenvalue weighted by Gasteiger charge is -2.20. The van der Waals surface area contributed by atoms with E-state index in [0.717, 1.165) is 12.3 Å². The molecule has 0 amide bonds. The topological polar surface area (TPSA) is 138 Å². The molecule has 1 aliphatic heterocycles. The molecule has 2 heterocycles. The van der Waals surface area contributed by atoms with Gasteiger partial charge in [0.25, 0.3) is 5.69 Å². The van der Waals surface area contributed by atoms with E-state index in [-0.39, 0.29) is 33.7 Å². The minimum absolute atomic E-state index is 0. The number of nitro groups is 1. The minimum Gasteiger partial charge on any atom is -0.316 e. The predicted octanol–water partition coefficient (Wildman–Crippen LogP) is 0.494. The van der Waals surface area contributed by atoms with E-state index < -0.39 is 16.0 Å². The van der Waals surface area contributed by atoms with E-state index in [9.17, 15) is 19.7 Å². The number of nitrogens with one attached hydrogen (secondary N) is 2. The number of aromatic nitrogens is 2. The smallest absolute Gasteiger partial charge is 0.314 e. The van der Waals surface area contributed by atoms with E-state index in [2.05, 4.69) is 9.97 Å². The summed E-state index contributed by atoms with van der Waals surface area (Å²) in [7, 11) is 0. The average molecular weight is 404 g/mol. The molecule has 1 atom stereocenters. The number of thioether (sulfide) groups is 1. The highest BCUT2D eigenvalue weighted by Gasteiger charge is 2.23. The lowest BCUT2D eigenvalue weighted by molar-refractivity contribution is -0.384. The van der Waals surface area contributed by atoms with E-state index in [4.69, 9.17) is 5.73 Å². The zero-order valence-electron chi connectivity index (χ0n) is 11.8. The highest BCUT2D eigenvalue weighted by Crippen LogP contribution is 2.26. The Hall–Kier alpha value is -1.69. The molecule has 2 aromatic rings. The first-order valence-electron chi connectivity index (χ1n) is 6.50. The van der Waals surface area contributed by atoms with Crippen molar-refractivity contribution in [3.63, 3.8) is 0 Å². The monoisotopic (exact) mass is 403 g/mol. The molecule has 3 rings (SSSR count). The van der Waals surface area contributed by atoms with Crippen LogP contribution in [-0.4, -0.2) is 37.6 Å². The molecule has 1 aromatic carbocycles. The summed E-state index contributed by atoms with van der Waals surface area (Å²) in [6, 6.07) is 2.63. The minimum atomic E-state index is -0.840. The molecule has 11 heteroatoms. The van der Waals surface area contributed by atoms with Crippen molar-refractivity contribution in [2.24, 2.45) is 5.73 Å². The molecule has 0 aliphatic carbocycles. The lowest BCUT2D eigenvalue weighted by atomic mass is 10.1. The lowest BCUT2D eigenvalue weighted by Crippen LogP contribution is -2.35. The number of hydrogen-bond donors (Lipinski definition) is 3. The molecule has 0 radical (unpaired) electrons. The van der Waals surface area contributed by atoms with Crippen molar-refractivity contribution in [1.29, 1.82) is 0 Å². The summed E-state index contributed by atoms with van der Waals surface area (Å²) in [5.41, 5.74) is 5.15. The molecule has 1 saturated heterocycles. The average Bonchev–Trinajstić information content (AvgIpc) is 2.86. The van der Waals surface area contributed by atoms with E-state index >= 15 is 0 Å². The van der Waals surface area contributed by atoms with Gasteiger partial charge < -0.3 is 15.7 Å². The van der Waals surface area contributed by atoms with Gasteiger partial charge in [0.05, 0.1) is 16.0 Å². The van der Waals surface area contributed by atoms with E-state index in [0.29, 0.717) is 17.6 Å². The van der Waals surface area contributed by atoms with Crippen LogP contribution in [0.2, 0.25) is 0 Å². The Morgan fingerprint density at radius 3 is 2.65 bits per heavy atom. The maximum atomic E-state index is 11.5. The predicted molar refractivity (Wildman–Crippen MR) is 93.0 cm³/mol. The van der Waals surface area contributed by atoms with Crippen LogP contribution in [0.1, 0.15) is 5.56 Å². The summed E-state index contributed by atoms with van der Waals surface area (Å²) < 4.78 is 0. The second-order valence-corrected chi connectivity index (χ2v) is 6.15.